The third-order valence-electron chi connectivity index (χ3n) is 5.78. The summed E-state index contributed by atoms with van der Waals surface area (Å²) in [5.41, 5.74) is 2.12. The highest BCUT2D eigenvalue weighted by molar-refractivity contribution is 5.89. The highest BCUT2D eigenvalue weighted by atomic mass is 16.5. The summed E-state index contributed by atoms with van der Waals surface area (Å²) in [5, 5.41) is 7.05. The molecular weight excluding hydrogens is 410 g/mol. The Balaban J connectivity index is 1.44. The summed E-state index contributed by atoms with van der Waals surface area (Å²) in [6, 6.07) is 7.02. The number of aromatic nitrogens is 3. The Morgan fingerprint density at radius 3 is 2.59 bits per heavy atom. The lowest BCUT2D eigenvalue weighted by atomic mass is 10.1. The van der Waals surface area contributed by atoms with Crippen LogP contribution < -0.4 is 10.9 Å². The van der Waals surface area contributed by atoms with E-state index in [4.69, 9.17) is 4.52 Å². The van der Waals surface area contributed by atoms with Gasteiger partial charge >= 0.3 is 0 Å². The molecular formula is C23H27N5O4. The molecule has 32 heavy (non-hydrogen) atoms. The van der Waals surface area contributed by atoms with Gasteiger partial charge in [-0.1, -0.05) is 35.0 Å². The number of nitrogens with one attached hydrogen (secondary N) is 1. The van der Waals surface area contributed by atoms with Gasteiger partial charge in [0.2, 0.25) is 11.8 Å². The van der Waals surface area contributed by atoms with Crippen LogP contribution in [0.4, 0.5) is 0 Å². The Hall–Kier alpha value is -3.49. The van der Waals surface area contributed by atoms with E-state index in [1.165, 1.54) is 10.9 Å². The van der Waals surface area contributed by atoms with Crippen LogP contribution in [0.1, 0.15) is 38.2 Å². The van der Waals surface area contributed by atoms with E-state index in [1.54, 1.807) is 11.8 Å². The molecule has 0 bridgehead atoms. The minimum absolute atomic E-state index is 0.0514. The number of amides is 2. The number of hydrogen-bond donors (Lipinski definition) is 1. The van der Waals surface area contributed by atoms with Crippen molar-refractivity contribution in [1.82, 2.24) is 24.9 Å². The Morgan fingerprint density at radius 1 is 1.16 bits per heavy atom. The van der Waals surface area contributed by atoms with Gasteiger partial charge in [-0.3, -0.25) is 19.0 Å². The molecule has 0 radical (unpaired) electrons. The van der Waals surface area contributed by atoms with Crippen LogP contribution in [0.15, 0.2) is 39.9 Å². The molecule has 1 saturated heterocycles. The minimum Gasteiger partial charge on any atom is -0.345 e. The second-order valence-electron chi connectivity index (χ2n) is 8.25. The quantitative estimate of drug-likeness (QED) is 0.633. The predicted octanol–water partition coefficient (Wildman–Crippen LogP) is 2.27. The van der Waals surface area contributed by atoms with Gasteiger partial charge in [0.25, 0.3) is 11.3 Å². The topological polar surface area (TPSA) is 110 Å². The Kier molecular flexibility index (Phi) is 6.34. The lowest BCUT2D eigenvalue weighted by Crippen LogP contribution is -2.48. The maximum Gasteiger partial charge on any atom is 0.266 e. The van der Waals surface area contributed by atoms with Crippen molar-refractivity contribution in [3.63, 3.8) is 0 Å². The fourth-order valence-corrected chi connectivity index (χ4v) is 3.93. The highest BCUT2D eigenvalue weighted by Gasteiger charge is 2.23. The third-order valence-corrected chi connectivity index (χ3v) is 5.78. The SMILES string of the molecule is Cc1ccc(-c2noc3ncn(CCC(=O)NC(C)C(=O)N4CCCCC4)c(=O)c23)cc1. The summed E-state index contributed by atoms with van der Waals surface area (Å²) in [4.78, 5) is 43.9. The van der Waals surface area contributed by atoms with Crippen molar-refractivity contribution in [2.45, 2.75) is 52.1 Å². The molecule has 2 amide bonds. The van der Waals surface area contributed by atoms with E-state index < -0.39 is 6.04 Å². The second kappa shape index (κ2) is 9.33. The molecule has 0 spiro atoms. The molecule has 3 heterocycles. The number of carbonyl (C=O) groups excluding carboxylic acids is 2. The summed E-state index contributed by atoms with van der Waals surface area (Å²) in [5.74, 6) is -0.357. The fourth-order valence-electron chi connectivity index (χ4n) is 3.93. The zero-order valence-corrected chi connectivity index (χ0v) is 18.3. The first-order chi connectivity index (χ1) is 15.4. The van der Waals surface area contributed by atoms with Crippen molar-refractivity contribution in [2.75, 3.05) is 13.1 Å². The second-order valence-corrected chi connectivity index (χ2v) is 8.25. The van der Waals surface area contributed by atoms with Crippen LogP contribution >= 0.6 is 0 Å². The number of rotatable bonds is 6. The molecule has 9 nitrogen and oxygen atoms in total. The zero-order chi connectivity index (χ0) is 22.7. The molecule has 1 N–H and O–H groups in total. The smallest absolute Gasteiger partial charge is 0.266 e. The fraction of sp³-hybridized carbons (Fsp3) is 0.435. The summed E-state index contributed by atoms with van der Waals surface area (Å²) in [6.07, 6.45) is 4.53. The number of likely N-dealkylation sites (tertiary alicyclic amines) is 1. The van der Waals surface area contributed by atoms with Crippen LogP contribution in [0, 0.1) is 6.92 Å². The number of benzene rings is 1. The molecule has 4 rings (SSSR count). The predicted molar refractivity (Wildman–Crippen MR) is 119 cm³/mol. The van der Waals surface area contributed by atoms with Crippen molar-refractivity contribution < 1.29 is 14.1 Å². The number of piperidine rings is 1. The van der Waals surface area contributed by atoms with Crippen LogP contribution in [-0.2, 0) is 16.1 Å². The molecule has 1 aliphatic heterocycles. The van der Waals surface area contributed by atoms with E-state index in [2.05, 4.69) is 15.5 Å². The van der Waals surface area contributed by atoms with E-state index >= 15 is 0 Å². The van der Waals surface area contributed by atoms with E-state index in [0.717, 1.165) is 43.5 Å². The van der Waals surface area contributed by atoms with Gasteiger partial charge < -0.3 is 14.7 Å². The molecule has 1 fully saturated rings. The molecule has 3 aromatic rings. The lowest BCUT2D eigenvalue weighted by Gasteiger charge is -2.29. The van der Waals surface area contributed by atoms with Gasteiger partial charge in [-0.2, -0.15) is 0 Å². The van der Waals surface area contributed by atoms with Crippen molar-refractivity contribution in [1.29, 1.82) is 0 Å². The van der Waals surface area contributed by atoms with E-state index in [9.17, 15) is 14.4 Å². The van der Waals surface area contributed by atoms with Crippen LogP contribution in [0.25, 0.3) is 22.4 Å². The molecule has 168 valence electrons. The van der Waals surface area contributed by atoms with E-state index in [0.29, 0.717) is 5.69 Å². The van der Waals surface area contributed by atoms with Crippen molar-refractivity contribution in [3.8, 4) is 11.3 Å². The first-order valence-corrected chi connectivity index (χ1v) is 10.9. The first kappa shape index (κ1) is 21.7. The van der Waals surface area contributed by atoms with E-state index in [1.807, 2.05) is 31.2 Å². The lowest BCUT2D eigenvalue weighted by molar-refractivity contribution is -0.136. The van der Waals surface area contributed by atoms with Crippen molar-refractivity contribution >= 4 is 22.9 Å². The zero-order valence-electron chi connectivity index (χ0n) is 18.3. The van der Waals surface area contributed by atoms with Crippen molar-refractivity contribution in [2.24, 2.45) is 0 Å². The maximum absolute atomic E-state index is 13.0. The van der Waals surface area contributed by atoms with Crippen LogP contribution in [-0.4, -0.2) is 50.6 Å². The molecule has 1 aliphatic rings. The number of fused-ring (bicyclic) bond motifs is 1. The average molecular weight is 438 g/mol. The number of aryl methyl sites for hydroxylation is 2. The monoisotopic (exact) mass is 437 g/mol. The normalized spacial score (nSPS) is 15.0. The summed E-state index contributed by atoms with van der Waals surface area (Å²) in [6.45, 7) is 5.28. The van der Waals surface area contributed by atoms with Gasteiger partial charge in [0.05, 0.1) is 0 Å². The van der Waals surface area contributed by atoms with Gasteiger partial charge in [0.1, 0.15) is 23.4 Å². The average Bonchev–Trinajstić information content (AvgIpc) is 3.24. The van der Waals surface area contributed by atoms with Gasteiger partial charge in [0, 0.05) is 31.6 Å². The van der Waals surface area contributed by atoms with Crippen molar-refractivity contribution in [3.05, 3.63) is 46.5 Å². The number of hydrogen-bond acceptors (Lipinski definition) is 6. The van der Waals surface area contributed by atoms with Gasteiger partial charge in [-0.25, -0.2) is 4.98 Å². The van der Waals surface area contributed by atoms with Crippen LogP contribution in [0.5, 0.6) is 0 Å². The molecule has 0 saturated carbocycles. The molecule has 1 aromatic carbocycles. The summed E-state index contributed by atoms with van der Waals surface area (Å²) in [7, 11) is 0. The molecule has 2 aromatic heterocycles. The molecule has 1 unspecified atom stereocenters. The Labute approximate surface area is 185 Å². The largest absolute Gasteiger partial charge is 0.345 e. The number of nitrogens with zero attached hydrogens (tertiary/aromatic N) is 4. The third kappa shape index (κ3) is 4.56. The highest BCUT2D eigenvalue weighted by Crippen LogP contribution is 2.24. The Morgan fingerprint density at radius 2 is 1.88 bits per heavy atom. The van der Waals surface area contributed by atoms with Gasteiger partial charge in [-0.05, 0) is 33.1 Å². The molecule has 0 aliphatic carbocycles. The number of carbonyl (C=O) groups is 2. The standard InChI is InChI=1S/C23H27N5O4/c1-15-6-8-17(9-7-15)20-19-21(32-26-20)24-14-28(23(19)31)13-10-18(29)25-16(2)22(30)27-11-4-3-5-12-27/h6-9,14,16H,3-5,10-13H2,1-2H3,(H,25,29). The Bertz CT molecular complexity index is 1180. The molecule has 9 heteroatoms. The van der Waals surface area contributed by atoms with E-state index in [-0.39, 0.29) is 41.4 Å². The molecule has 1 atom stereocenters. The summed E-state index contributed by atoms with van der Waals surface area (Å²) < 4.78 is 6.60. The van der Waals surface area contributed by atoms with Gasteiger partial charge in [0.15, 0.2) is 0 Å². The first-order valence-electron chi connectivity index (χ1n) is 10.9. The summed E-state index contributed by atoms with van der Waals surface area (Å²) >= 11 is 0. The van der Waals surface area contributed by atoms with Crippen LogP contribution in [0.3, 0.4) is 0 Å². The van der Waals surface area contributed by atoms with Crippen LogP contribution in [0.2, 0.25) is 0 Å². The minimum atomic E-state index is -0.593. The maximum atomic E-state index is 13.0. The van der Waals surface area contributed by atoms with Gasteiger partial charge in [-0.15, -0.1) is 0 Å².